The van der Waals surface area contributed by atoms with Crippen molar-refractivity contribution in [1.82, 2.24) is 4.90 Å². The maximum atomic E-state index is 12.8. The Morgan fingerprint density at radius 3 is 2.39 bits per heavy atom. The molecule has 260 valence electrons. The third-order valence-corrected chi connectivity index (χ3v) is 16.4. The molecule has 0 bridgehead atoms. The van der Waals surface area contributed by atoms with Gasteiger partial charge < -0.3 is 34.4 Å². The van der Waals surface area contributed by atoms with Gasteiger partial charge in [0.2, 0.25) is 5.91 Å². The molecule has 2 spiro atoms. The van der Waals surface area contributed by atoms with E-state index in [0.717, 1.165) is 38.5 Å². The minimum Gasteiger partial charge on any atom is -0.390 e. The first-order chi connectivity index (χ1) is 21.5. The van der Waals surface area contributed by atoms with Crippen LogP contribution < -0.4 is 0 Å². The van der Waals surface area contributed by atoms with Crippen molar-refractivity contribution in [2.24, 2.45) is 56.7 Å². The van der Waals surface area contributed by atoms with Gasteiger partial charge in [0, 0.05) is 17.9 Å². The summed E-state index contributed by atoms with van der Waals surface area (Å²) in [5.74, 6) is 2.06. The Morgan fingerprint density at radius 2 is 1.70 bits per heavy atom. The standard InChI is InChI=1S/C38H61NO7/c1-21-18-23(30(40)34(4,5)43)45-29-28(21)35(6)14-15-38-20-37(38)13-12-26(46-27-19-39(16-17-44-27)32(42)22-8-9-22)33(2,3)24(37)10-11-25(38)36(35,7)31(29)41/h21-31,40-41,43H,8-20H2,1-7H3/t21-,23?,24+,25?,26?,27+,28+,29?,30?,31+,35?,36-,37?,38?/m1/s1. The van der Waals surface area contributed by atoms with E-state index in [1.807, 2.05) is 4.90 Å². The lowest BCUT2D eigenvalue weighted by atomic mass is 9.41. The molecule has 1 amide bonds. The van der Waals surface area contributed by atoms with Crippen LogP contribution in [0.15, 0.2) is 0 Å². The van der Waals surface area contributed by atoms with Crippen LogP contribution in [0.5, 0.6) is 0 Å². The summed E-state index contributed by atoms with van der Waals surface area (Å²) in [5.41, 5.74) is -0.999. The minimum absolute atomic E-state index is 0.000869. The molecule has 8 unspecified atom stereocenters. The van der Waals surface area contributed by atoms with Gasteiger partial charge >= 0.3 is 0 Å². The minimum atomic E-state index is -1.25. The normalized spacial score (nSPS) is 53.3. The van der Waals surface area contributed by atoms with Crippen LogP contribution >= 0.6 is 0 Å². The van der Waals surface area contributed by atoms with E-state index in [0.29, 0.717) is 49.3 Å². The molecule has 6 aliphatic carbocycles. The Kier molecular flexibility index (Phi) is 7.16. The highest BCUT2D eigenvalue weighted by atomic mass is 16.7. The van der Waals surface area contributed by atoms with E-state index in [4.69, 9.17) is 14.2 Å². The van der Waals surface area contributed by atoms with Gasteiger partial charge in [-0.15, -0.1) is 0 Å². The summed E-state index contributed by atoms with van der Waals surface area (Å²) in [6, 6.07) is 0. The van der Waals surface area contributed by atoms with Crippen LogP contribution in [0.3, 0.4) is 0 Å². The average molecular weight is 644 g/mol. The van der Waals surface area contributed by atoms with Crippen LogP contribution in [-0.4, -0.2) is 88.2 Å². The predicted molar refractivity (Wildman–Crippen MR) is 172 cm³/mol. The lowest BCUT2D eigenvalue weighted by Gasteiger charge is -2.64. The Labute approximate surface area is 276 Å². The van der Waals surface area contributed by atoms with Gasteiger partial charge in [-0.1, -0.05) is 34.6 Å². The lowest BCUT2D eigenvalue weighted by Crippen LogP contribution is -2.60. The van der Waals surface area contributed by atoms with Gasteiger partial charge in [0.25, 0.3) is 0 Å². The molecule has 6 saturated carbocycles. The van der Waals surface area contributed by atoms with E-state index in [9.17, 15) is 20.1 Å². The highest BCUT2D eigenvalue weighted by Gasteiger charge is 2.84. The molecule has 0 radical (unpaired) electrons. The molecule has 0 aromatic carbocycles. The molecule has 0 aromatic rings. The number of aliphatic hydroxyl groups is 3. The van der Waals surface area contributed by atoms with Gasteiger partial charge in [-0.05, 0) is 123 Å². The zero-order valence-electron chi connectivity index (χ0n) is 29.5. The first-order valence-corrected chi connectivity index (χ1v) is 18.8. The lowest BCUT2D eigenvalue weighted by molar-refractivity contribution is -0.248. The number of aliphatic hydroxyl groups excluding tert-OH is 2. The number of amides is 1. The Bertz CT molecular complexity index is 1250. The summed E-state index contributed by atoms with van der Waals surface area (Å²) in [4.78, 5) is 14.8. The second-order valence-corrected chi connectivity index (χ2v) is 19.1. The van der Waals surface area contributed by atoms with Crippen LogP contribution in [0.2, 0.25) is 0 Å². The van der Waals surface area contributed by atoms with Gasteiger partial charge in [-0.25, -0.2) is 0 Å². The van der Waals surface area contributed by atoms with Crippen molar-refractivity contribution in [1.29, 1.82) is 0 Å². The third-order valence-electron chi connectivity index (χ3n) is 16.4. The monoisotopic (exact) mass is 643 g/mol. The first kappa shape index (κ1) is 32.4. The zero-order chi connectivity index (χ0) is 32.8. The molecule has 46 heavy (non-hydrogen) atoms. The number of morpholine rings is 1. The molecular formula is C38H61NO7. The molecule has 8 fully saturated rings. The highest BCUT2D eigenvalue weighted by molar-refractivity contribution is 5.81. The van der Waals surface area contributed by atoms with Gasteiger partial charge in [0.1, 0.15) is 6.10 Å². The molecule has 8 aliphatic rings. The summed E-state index contributed by atoms with van der Waals surface area (Å²) in [7, 11) is 0. The van der Waals surface area contributed by atoms with Crippen molar-refractivity contribution < 1.29 is 34.3 Å². The van der Waals surface area contributed by atoms with Gasteiger partial charge in [0.05, 0.1) is 43.2 Å². The fourth-order valence-corrected chi connectivity index (χ4v) is 13.9. The van der Waals surface area contributed by atoms with Crippen molar-refractivity contribution in [3.63, 3.8) is 0 Å². The third kappa shape index (κ3) is 4.15. The van der Waals surface area contributed by atoms with E-state index < -0.39 is 23.9 Å². The number of ether oxygens (including phenoxy) is 3. The van der Waals surface area contributed by atoms with Crippen LogP contribution in [0.1, 0.15) is 113 Å². The van der Waals surface area contributed by atoms with E-state index >= 15 is 0 Å². The topological polar surface area (TPSA) is 109 Å². The van der Waals surface area contributed by atoms with Gasteiger partial charge in [0.15, 0.2) is 6.29 Å². The Morgan fingerprint density at radius 1 is 1.00 bits per heavy atom. The molecule has 8 heteroatoms. The summed E-state index contributed by atoms with van der Waals surface area (Å²) in [5, 5.41) is 34.1. The highest BCUT2D eigenvalue weighted by Crippen LogP contribution is 2.89. The SMILES string of the molecule is C[C@@H]1CC(C(O)C(C)(C)O)OC2[C@H]1C1(C)CCC34CC35CCC(O[C@H]3CN(C(=O)C6CC6)CCO3)C(C)(C)[C@@H]5CCC4[C@]1(C)[C@H]2O. The summed E-state index contributed by atoms with van der Waals surface area (Å²) in [6.07, 6.45) is 8.23. The smallest absolute Gasteiger partial charge is 0.225 e. The van der Waals surface area contributed by atoms with Crippen LogP contribution in [0.25, 0.3) is 0 Å². The molecular weight excluding hydrogens is 582 g/mol. The maximum Gasteiger partial charge on any atom is 0.225 e. The predicted octanol–water partition coefficient (Wildman–Crippen LogP) is 4.91. The van der Waals surface area contributed by atoms with E-state index in [2.05, 4.69) is 34.6 Å². The first-order valence-electron chi connectivity index (χ1n) is 18.8. The van der Waals surface area contributed by atoms with E-state index in [1.54, 1.807) is 13.8 Å². The molecule has 3 N–H and O–H groups in total. The van der Waals surface area contributed by atoms with Crippen LogP contribution in [-0.2, 0) is 19.0 Å². The summed E-state index contributed by atoms with van der Waals surface area (Å²) in [6.45, 7) is 17.1. The molecule has 2 heterocycles. The number of hydrogen-bond donors (Lipinski definition) is 3. The Balaban J connectivity index is 1.02. The average Bonchev–Trinajstić information content (AvgIpc) is 3.92. The quantitative estimate of drug-likeness (QED) is 0.391. The van der Waals surface area contributed by atoms with Crippen molar-refractivity contribution in [3.05, 3.63) is 0 Å². The van der Waals surface area contributed by atoms with Gasteiger partial charge in [-0.3, -0.25) is 4.79 Å². The molecule has 14 atom stereocenters. The molecule has 8 rings (SSSR count). The molecule has 2 aliphatic heterocycles. The zero-order valence-corrected chi connectivity index (χ0v) is 29.5. The molecule has 8 nitrogen and oxygen atoms in total. The molecule has 2 saturated heterocycles. The van der Waals surface area contributed by atoms with E-state index in [-0.39, 0.29) is 57.9 Å². The Hall–Kier alpha value is -0.770. The number of carbonyl (C=O) groups excluding carboxylic acids is 1. The summed E-state index contributed by atoms with van der Waals surface area (Å²) < 4.78 is 19.6. The maximum absolute atomic E-state index is 12.8. The number of carbonyl (C=O) groups is 1. The number of hydrogen-bond acceptors (Lipinski definition) is 7. The fourth-order valence-electron chi connectivity index (χ4n) is 13.9. The number of rotatable bonds is 5. The van der Waals surface area contributed by atoms with Crippen molar-refractivity contribution in [3.8, 4) is 0 Å². The van der Waals surface area contributed by atoms with Crippen LogP contribution in [0, 0.1) is 56.7 Å². The summed E-state index contributed by atoms with van der Waals surface area (Å²) >= 11 is 0. The van der Waals surface area contributed by atoms with Gasteiger partial charge in [-0.2, -0.15) is 0 Å². The van der Waals surface area contributed by atoms with E-state index in [1.165, 1.54) is 19.3 Å². The van der Waals surface area contributed by atoms with Crippen molar-refractivity contribution >= 4 is 5.91 Å². The van der Waals surface area contributed by atoms with Crippen molar-refractivity contribution in [2.75, 3.05) is 19.7 Å². The largest absolute Gasteiger partial charge is 0.390 e. The number of fused-ring (bicyclic) bond motifs is 4. The van der Waals surface area contributed by atoms with Crippen LogP contribution in [0.4, 0.5) is 0 Å². The van der Waals surface area contributed by atoms with Crippen molar-refractivity contribution in [2.45, 2.75) is 155 Å². The number of nitrogens with zero attached hydrogens (tertiary/aromatic N) is 1. The second kappa shape index (κ2) is 10.2. The fraction of sp³-hybridized carbons (Fsp3) is 0.974. The second-order valence-electron chi connectivity index (χ2n) is 19.1. The molecule has 0 aromatic heterocycles.